The highest BCUT2D eigenvalue weighted by Crippen LogP contribution is 2.03. The van der Waals surface area contributed by atoms with E-state index >= 15 is 0 Å². The molecule has 0 bridgehead atoms. The van der Waals surface area contributed by atoms with Gasteiger partial charge in [0, 0.05) is 11.9 Å². The molecule has 80 valence electrons. The van der Waals surface area contributed by atoms with Crippen LogP contribution in [0.1, 0.15) is 6.42 Å². The Morgan fingerprint density at radius 1 is 1.40 bits per heavy atom. The quantitative estimate of drug-likeness (QED) is 0.408. The Morgan fingerprint density at radius 3 is 2.80 bits per heavy atom. The smallest absolute Gasteiger partial charge is 0.191 e. The van der Waals surface area contributed by atoms with Gasteiger partial charge in [0.2, 0.25) is 0 Å². The van der Waals surface area contributed by atoms with E-state index in [9.17, 15) is 0 Å². The first-order valence-corrected chi connectivity index (χ1v) is 5.07. The highest BCUT2D eigenvalue weighted by atomic mass is 32.1. The maximum atomic E-state index is 5.30. The second kappa shape index (κ2) is 6.92. The molecule has 5 heteroatoms. The van der Waals surface area contributed by atoms with Crippen molar-refractivity contribution in [3.63, 3.8) is 0 Å². The van der Waals surface area contributed by atoms with E-state index in [1.165, 1.54) is 0 Å². The Kier molecular flexibility index (Phi) is 5.35. The summed E-state index contributed by atoms with van der Waals surface area (Å²) < 4.78 is 0. The van der Waals surface area contributed by atoms with E-state index in [0.29, 0.717) is 11.7 Å². The fraction of sp³-hybridized carbons (Fsp3) is 0.200. The van der Waals surface area contributed by atoms with Crippen LogP contribution in [0.4, 0.5) is 5.69 Å². The summed E-state index contributed by atoms with van der Waals surface area (Å²) in [4.78, 5) is 0. The van der Waals surface area contributed by atoms with E-state index < -0.39 is 0 Å². The van der Waals surface area contributed by atoms with Crippen LogP contribution in [-0.2, 0) is 0 Å². The van der Waals surface area contributed by atoms with Crippen LogP contribution < -0.4 is 16.5 Å². The highest BCUT2D eigenvalue weighted by Gasteiger charge is 1.93. The first kappa shape index (κ1) is 11.6. The number of nitrogens with two attached hydrogens (primary N) is 1. The van der Waals surface area contributed by atoms with Crippen LogP contribution >= 0.6 is 12.2 Å². The molecule has 0 unspecified atom stereocenters. The summed E-state index contributed by atoms with van der Waals surface area (Å²) in [7, 11) is 0. The monoisotopic (exact) mass is 222 g/mol. The average molecular weight is 222 g/mol. The van der Waals surface area contributed by atoms with Crippen molar-refractivity contribution in [1.29, 1.82) is 0 Å². The number of anilines is 1. The third-order valence-corrected chi connectivity index (χ3v) is 1.78. The predicted octanol–water partition coefficient (Wildman–Crippen LogP) is 1.31. The fourth-order valence-corrected chi connectivity index (χ4v) is 1.09. The van der Waals surface area contributed by atoms with E-state index in [-0.39, 0.29) is 0 Å². The minimum absolute atomic E-state index is 0.467. The van der Waals surface area contributed by atoms with Crippen LogP contribution in [0.3, 0.4) is 0 Å². The number of benzene rings is 1. The Morgan fingerprint density at radius 2 is 2.13 bits per heavy atom. The molecular formula is C10H14N4S. The summed E-state index contributed by atoms with van der Waals surface area (Å²) in [6.45, 7) is 0.587. The molecule has 0 atom stereocenters. The van der Waals surface area contributed by atoms with Gasteiger partial charge < -0.3 is 11.1 Å². The van der Waals surface area contributed by atoms with E-state index in [1.54, 1.807) is 6.21 Å². The number of nitrogens with zero attached hydrogens (tertiary/aromatic N) is 1. The number of rotatable bonds is 4. The molecule has 0 aliphatic carbocycles. The zero-order chi connectivity index (χ0) is 10.9. The third-order valence-electron chi connectivity index (χ3n) is 1.58. The number of hydrogen-bond acceptors (Lipinski definition) is 3. The number of para-hydroxylation sites is 1. The molecule has 0 spiro atoms. The fourth-order valence-electron chi connectivity index (χ4n) is 0.924. The van der Waals surface area contributed by atoms with Crippen molar-refractivity contribution in [2.45, 2.75) is 6.42 Å². The first-order chi connectivity index (χ1) is 7.33. The molecule has 1 aromatic carbocycles. The van der Waals surface area contributed by atoms with Crippen LogP contribution in [0.25, 0.3) is 0 Å². The van der Waals surface area contributed by atoms with Crippen LogP contribution in [0.5, 0.6) is 0 Å². The lowest BCUT2D eigenvalue weighted by Gasteiger charge is -2.05. The summed E-state index contributed by atoms with van der Waals surface area (Å²) in [6, 6.07) is 9.67. The zero-order valence-corrected chi connectivity index (χ0v) is 9.13. The lowest BCUT2D eigenvalue weighted by atomic mass is 10.3. The molecule has 0 aliphatic heterocycles. The maximum Gasteiger partial charge on any atom is 0.191 e. The van der Waals surface area contributed by atoms with E-state index in [1.807, 2.05) is 30.3 Å². The Hall–Kier alpha value is -1.46. The van der Waals surface area contributed by atoms with Gasteiger partial charge in [-0.2, -0.15) is 5.10 Å². The molecule has 0 saturated carbocycles. The summed E-state index contributed by atoms with van der Waals surface area (Å²) in [5.41, 5.74) is 8.94. The van der Waals surface area contributed by atoms with Crippen molar-refractivity contribution in [2.75, 3.05) is 11.9 Å². The van der Waals surface area contributed by atoms with Gasteiger partial charge in [-0.05, 0) is 37.3 Å². The van der Waals surface area contributed by atoms with Crippen molar-refractivity contribution in [1.82, 2.24) is 5.43 Å². The van der Waals surface area contributed by atoms with E-state index in [0.717, 1.165) is 12.1 Å². The molecule has 0 heterocycles. The average Bonchev–Trinajstić information content (AvgIpc) is 2.26. The molecule has 1 aromatic rings. The van der Waals surface area contributed by atoms with Gasteiger partial charge in [0.15, 0.2) is 5.11 Å². The van der Waals surface area contributed by atoms with Gasteiger partial charge in [-0.25, -0.2) is 0 Å². The predicted molar refractivity (Wildman–Crippen MR) is 68.0 cm³/mol. The minimum Gasteiger partial charge on any atom is -0.331 e. The molecule has 0 amide bonds. The topological polar surface area (TPSA) is 62.4 Å². The summed E-state index contributed by atoms with van der Waals surface area (Å²) in [5, 5.41) is 7.36. The van der Waals surface area contributed by atoms with Gasteiger partial charge in [0.25, 0.3) is 0 Å². The molecule has 0 radical (unpaired) electrons. The van der Waals surface area contributed by atoms with Gasteiger partial charge in [-0.3, -0.25) is 5.43 Å². The largest absolute Gasteiger partial charge is 0.331 e. The van der Waals surface area contributed by atoms with Gasteiger partial charge in [-0.15, -0.1) is 0 Å². The van der Waals surface area contributed by atoms with Crippen molar-refractivity contribution < 1.29 is 0 Å². The van der Waals surface area contributed by atoms with Gasteiger partial charge in [-0.1, -0.05) is 18.2 Å². The third kappa shape index (κ3) is 5.09. The molecule has 4 N–H and O–H groups in total. The van der Waals surface area contributed by atoms with Gasteiger partial charge in [0.05, 0.1) is 0 Å². The van der Waals surface area contributed by atoms with Crippen molar-refractivity contribution in [3.05, 3.63) is 30.3 Å². The Labute approximate surface area is 94.6 Å². The lowest BCUT2D eigenvalue weighted by Crippen LogP contribution is -2.23. The van der Waals surface area contributed by atoms with Gasteiger partial charge >= 0.3 is 0 Å². The summed E-state index contributed by atoms with van der Waals surface area (Å²) in [6.07, 6.45) is 2.43. The van der Waals surface area contributed by atoms with Crippen molar-refractivity contribution in [3.8, 4) is 0 Å². The SMILES string of the molecule is NCCC=NNC(=S)Nc1ccccc1. The molecule has 4 nitrogen and oxygen atoms in total. The molecule has 0 saturated heterocycles. The molecule has 0 fully saturated rings. The number of hydrogen-bond donors (Lipinski definition) is 3. The minimum atomic E-state index is 0.467. The van der Waals surface area contributed by atoms with Crippen LogP contribution in [0.2, 0.25) is 0 Å². The first-order valence-electron chi connectivity index (χ1n) is 4.66. The van der Waals surface area contributed by atoms with E-state index in [2.05, 4.69) is 15.8 Å². The highest BCUT2D eigenvalue weighted by molar-refractivity contribution is 7.80. The normalized spacial score (nSPS) is 10.2. The number of hydrazone groups is 1. The Bertz CT molecular complexity index is 323. The summed E-state index contributed by atoms with van der Waals surface area (Å²) >= 11 is 5.02. The number of nitrogens with one attached hydrogen (secondary N) is 2. The van der Waals surface area contributed by atoms with Crippen LogP contribution in [-0.4, -0.2) is 17.9 Å². The molecular weight excluding hydrogens is 208 g/mol. The number of thiocarbonyl (C=S) groups is 1. The van der Waals surface area contributed by atoms with Crippen molar-refractivity contribution >= 4 is 29.2 Å². The molecule has 15 heavy (non-hydrogen) atoms. The molecule has 0 aromatic heterocycles. The second-order valence-corrected chi connectivity index (χ2v) is 3.23. The van der Waals surface area contributed by atoms with Crippen molar-refractivity contribution in [2.24, 2.45) is 10.8 Å². The van der Waals surface area contributed by atoms with Crippen LogP contribution in [0, 0.1) is 0 Å². The molecule has 0 aliphatic rings. The molecule has 1 rings (SSSR count). The van der Waals surface area contributed by atoms with Gasteiger partial charge in [0.1, 0.15) is 0 Å². The maximum absolute atomic E-state index is 5.30. The van der Waals surface area contributed by atoms with Crippen LogP contribution in [0.15, 0.2) is 35.4 Å². The Balaban J connectivity index is 2.31. The summed E-state index contributed by atoms with van der Waals surface area (Å²) in [5.74, 6) is 0. The standard InChI is InChI=1S/C10H14N4S/c11-7-4-8-12-14-10(15)13-9-5-2-1-3-6-9/h1-3,5-6,8H,4,7,11H2,(H2,13,14,15). The zero-order valence-electron chi connectivity index (χ0n) is 8.31. The van der Waals surface area contributed by atoms with E-state index in [4.69, 9.17) is 18.0 Å². The lowest BCUT2D eigenvalue weighted by molar-refractivity contribution is 1.00. The second-order valence-electron chi connectivity index (χ2n) is 2.82.